The van der Waals surface area contributed by atoms with Crippen molar-refractivity contribution in [2.75, 3.05) is 47.0 Å². The van der Waals surface area contributed by atoms with Crippen LogP contribution in [0.1, 0.15) is 123 Å². The number of carbonyl (C=O) groups is 9. The third kappa shape index (κ3) is 15.2. The Morgan fingerprint density at radius 3 is 1.50 bits per heavy atom. The standard InChI is InChI=1S/C29H26FN3O6.C26H32FN3O6.C10H8O3/c1-39-24-9-8-23(35)25(26(24)30)27(36)15-2-4-16(5-3-15)28(37)32-21-13-31-14-22(21)33-29(38)18-7-6-17-11-20(34)12-19(17)10-18;1-6-35-19-11-12-20(34-5)22(27)21(19)23(31)15-7-9-16(10-8-15)24(32)29-18-14-30(13-17(18)28)25(33)36-26(2,3)4;11-9-4-6-1-2-7(10(12)13)3-8(6)5-9/h2-10,21-22,31,35H,11-14H2,1H3,(H,32,37)(H,33,38);7-12,17-18H,6,13-14,28H2,1-5H3,(H,29,32);1-3H,4-5H2,(H,12,13)/t21-,22-;17-,18-;/m11./s1. The number of nitrogens with zero attached hydrogens (tertiary/aromatic N) is 1. The maximum absolute atomic E-state index is 14.9. The van der Waals surface area contributed by atoms with Crippen LogP contribution in [0, 0.1) is 11.6 Å². The van der Waals surface area contributed by atoms with E-state index in [1.807, 2.05) is 0 Å². The summed E-state index contributed by atoms with van der Waals surface area (Å²) in [5.74, 6) is -5.58. The summed E-state index contributed by atoms with van der Waals surface area (Å²) in [4.78, 5) is 112. The molecule has 2 fully saturated rings. The molecule has 2 aliphatic carbocycles. The van der Waals surface area contributed by atoms with Gasteiger partial charge in [0.15, 0.2) is 34.7 Å². The topological polar surface area (TPSA) is 308 Å². The largest absolute Gasteiger partial charge is 0.507 e. The Labute approximate surface area is 504 Å². The normalized spacial score (nSPS) is 17.2. The van der Waals surface area contributed by atoms with Crippen molar-refractivity contribution < 1.29 is 81.1 Å². The average Bonchev–Trinajstić information content (AvgIpc) is 3.13. The molecule has 0 unspecified atom stereocenters. The van der Waals surface area contributed by atoms with E-state index in [4.69, 9.17) is 29.8 Å². The predicted octanol–water partition coefficient (Wildman–Crippen LogP) is 6.13. The first-order chi connectivity index (χ1) is 41.9. The number of fused-ring (bicyclic) bond motifs is 2. The fraction of sp³-hybridized carbons (Fsp3) is 0.308. The molecule has 0 saturated carbocycles. The van der Waals surface area contributed by atoms with Crippen LogP contribution in [0.4, 0.5) is 13.6 Å². The lowest BCUT2D eigenvalue weighted by Gasteiger charge is -2.24. The number of rotatable bonds is 15. The molecular weight excluding hydrogens is 1140 g/mol. The van der Waals surface area contributed by atoms with Gasteiger partial charge in [0, 0.05) is 85.7 Å². The van der Waals surface area contributed by atoms with Crippen LogP contribution in [0.3, 0.4) is 0 Å². The van der Waals surface area contributed by atoms with Gasteiger partial charge in [-0.25, -0.2) is 18.4 Å². The van der Waals surface area contributed by atoms with Crippen molar-refractivity contribution in [3.63, 3.8) is 0 Å². The number of Topliss-reactive ketones (excluding diaryl/α,β-unsaturated/α-hetero) is 2. The van der Waals surface area contributed by atoms with Gasteiger partial charge in [0.1, 0.15) is 39.8 Å². The van der Waals surface area contributed by atoms with E-state index in [1.165, 1.54) is 91.9 Å². The number of carboxylic acid groups (broad SMARTS) is 1. The highest BCUT2D eigenvalue weighted by Gasteiger charge is 2.37. The van der Waals surface area contributed by atoms with Crippen molar-refractivity contribution in [1.82, 2.24) is 26.2 Å². The number of amides is 4. The number of likely N-dealkylation sites (tertiary alicyclic amines) is 1. The molecule has 0 radical (unpaired) electrons. The zero-order chi connectivity index (χ0) is 63.7. The van der Waals surface area contributed by atoms with E-state index in [0.717, 1.165) is 22.3 Å². The molecule has 2 heterocycles. The van der Waals surface area contributed by atoms with Crippen LogP contribution in [-0.4, -0.2) is 145 Å². The first kappa shape index (κ1) is 64.1. The van der Waals surface area contributed by atoms with Gasteiger partial charge in [-0.1, -0.05) is 36.4 Å². The van der Waals surface area contributed by atoms with Crippen LogP contribution in [0.5, 0.6) is 23.0 Å². The van der Waals surface area contributed by atoms with Gasteiger partial charge in [-0.3, -0.25) is 33.6 Å². The summed E-state index contributed by atoms with van der Waals surface area (Å²) in [6.45, 7) is 8.67. The average molecular weight is 1210 g/mol. The molecule has 4 atom stereocenters. The van der Waals surface area contributed by atoms with E-state index in [1.54, 1.807) is 64.1 Å². The third-order valence-corrected chi connectivity index (χ3v) is 14.8. The first-order valence-corrected chi connectivity index (χ1v) is 28.1. The van der Waals surface area contributed by atoms with E-state index in [9.17, 15) is 57.0 Å². The Bertz CT molecular complexity index is 3720. The Hall–Kier alpha value is -9.87. The molecule has 4 aliphatic rings. The number of phenols is 1. The van der Waals surface area contributed by atoms with E-state index in [2.05, 4.69) is 21.3 Å². The number of nitrogens with two attached hydrogens (primary N) is 1. The van der Waals surface area contributed by atoms with E-state index in [-0.39, 0.29) is 99.9 Å². The second kappa shape index (κ2) is 27.7. The number of benzene rings is 6. The zero-order valence-electron chi connectivity index (χ0n) is 49.0. The highest BCUT2D eigenvalue weighted by atomic mass is 19.1. The third-order valence-electron chi connectivity index (χ3n) is 14.8. The van der Waals surface area contributed by atoms with Crippen LogP contribution < -0.4 is 41.2 Å². The van der Waals surface area contributed by atoms with Gasteiger partial charge in [-0.2, -0.15) is 0 Å². The van der Waals surface area contributed by atoms with Gasteiger partial charge in [-0.15, -0.1) is 0 Å². The van der Waals surface area contributed by atoms with Crippen LogP contribution >= 0.6 is 0 Å². The first-order valence-electron chi connectivity index (χ1n) is 28.1. The van der Waals surface area contributed by atoms with Gasteiger partial charge in [0.2, 0.25) is 0 Å². The number of ether oxygens (including phenoxy) is 4. The van der Waals surface area contributed by atoms with Gasteiger partial charge in [0.05, 0.1) is 44.5 Å². The molecule has 6 aromatic carbocycles. The summed E-state index contributed by atoms with van der Waals surface area (Å²) in [5.41, 5.74) is 9.90. The minimum absolute atomic E-state index is 0.0777. The Morgan fingerprint density at radius 2 is 1.00 bits per heavy atom. The van der Waals surface area contributed by atoms with E-state index < -0.39 is 76.1 Å². The maximum atomic E-state index is 14.9. The number of halogens is 2. The molecule has 10 rings (SSSR count). The van der Waals surface area contributed by atoms with Crippen LogP contribution in [-0.2, 0) is 40.0 Å². The number of methoxy groups -OCH3 is 2. The van der Waals surface area contributed by atoms with Crippen LogP contribution in [0.15, 0.2) is 109 Å². The summed E-state index contributed by atoms with van der Waals surface area (Å²) >= 11 is 0. The molecule has 0 bridgehead atoms. The Morgan fingerprint density at radius 1 is 0.580 bits per heavy atom. The molecule has 0 aromatic heterocycles. The number of nitrogens with one attached hydrogen (secondary N) is 4. The van der Waals surface area contributed by atoms with Crippen LogP contribution in [0.25, 0.3) is 0 Å². The Balaban J connectivity index is 0.000000189. The number of carboxylic acids is 1. The predicted molar refractivity (Wildman–Crippen MR) is 316 cm³/mol. The van der Waals surface area contributed by atoms with Crippen molar-refractivity contribution >= 4 is 52.9 Å². The molecule has 23 heteroatoms. The molecular formula is C65H66F2N6O15. The summed E-state index contributed by atoms with van der Waals surface area (Å²) in [6.07, 6.45) is 1.08. The summed E-state index contributed by atoms with van der Waals surface area (Å²) in [5, 5.41) is 30.6. The number of aromatic hydroxyl groups is 1. The molecule has 8 N–H and O–H groups in total. The SMILES string of the molecule is CCOc1ccc(OC)c(F)c1C(=O)c1ccc(C(=O)N[C@@H]2CN(C(=O)OC(C)(C)C)C[C@H]2N)cc1.COc1ccc(O)c(C(=O)c2ccc(C(=O)N[C@@H]3CNC[C@H]3NC(=O)c3ccc4c(c3)CC(=O)C4)cc2)c1F.O=C1Cc2ccc(C(=O)O)cc2C1. The molecule has 2 saturated heterocycles. The smallest absolute Gasteiger partial charge is 0.410 e. The summed E-state index contributed by atoms with van der Waals surface area (Å²) < 4.78 is 50.2. The second-order valence-corrected chi connectivity index (χ2v) is 22.2. The lowest BCUT2D eigenvalue weighted by Crippen LogP contribution is -2.51. The molecule has 21 nitrogen and oxygen atoms in total. The minimum atomic E-state index is -0.973. The molecule has 0 spiro atoms. The lowest BCUT2D eigenvalue weighted by atomic mass is 10.00. The molecule has 460 valence electrons. The molecule has 88 heavy (non-hydrogen) atoms. The molecule has 4 amide bonds. The van der Waals surface area contributed by atoms with Crippen molar-refractivity contribution in [3.05, 3.63) is 188 Å². The molecule has 2 aliphatic heterocycles. The van der Waals surface area contributed by atoms with E-state index >= 15 is 0 Å². The van der Waals surface area contributed by atoms with Crippen molar-refractivity contribution in [1.29, 1.82) is 0 Å². The molecule has 6 aromatic rings. The monoisotopic (exact) mass is 1210 g/mol. The summed E-state index contributed by atoms with van der Waals surface area (Å²) in [7, 11) is 2.56. The fourth-order valence-electron chi connectivity index (χ4n) is 10.3. The van der Waals surface area contributed by atoms with Crippen molar-refractivity contribution in [2.24, 2.45) is 5.73 Å². The minimum Gasteiger partial charge on any atom is -0.507 e. The highest BCUT2D eigenvalue weighted by Crippen LogP contribution is 2.33. The quantitative estimate of drug-likeness (QED) is 0.0569. The number of carbonyl (C=O) groups excluding carboxylic acids is 8. The zero-order valence-corrected chi connectivity index (χ0v) is 49.0. The number of hydrogen-bond acceptors (Lipinski definition) is 16. The van der Waals surface area contributed by atoms with Crippen LogP contribution in [0.2, 0.25) is 0 Å². The fourth-order valence-corrected chi connectivity index (χ4v) is 10.3. The van der Waals surface area contributed by atoms with Gasteiger partial charge < -0.3 is 61.1 Å². The second-order valence-electron chi connectivity index (χ2n) is 22.2. The van der Waals surface area contributed by atoms with Gasteiger partial charge in [0.25, 0.3) is 17.7 Å². The number of hydrogen-bond donors (Lipinski definition) is 7. The number of ketones is 4. The number of aromatic carboxylic acids is 1. The van der Waals surface area contributed by atoms with Gasteiger partial charge >= 0.3 is 12.1 Å². The van der Waals surface area contributed by atoms with Gasteiger partial charge in [-0.05, 0) is 123 Å². The van der Waals surface area contributed by atoms with Crippen molar-refractivity contribution in [3.8, 4) is 23.0 Å². The Kier molecular flexibility index (Phi) is 20.2. The highest BCUT2D eigenvalue weighted by molar-refractivity contribution is 6.12. The summed E-state index contributed by atoms with van der Waals surface area (Å²) in [6, 6.07) is 25.1. The number of phenolic OH excluding ortho intramolecular Hbond substituents is 1. The maximum Gasteiger partial charge on any atom is 0.410 e. The van der Waals surface area contributed by atoms with E-state index in [0.29, 0.717) is 44.3 Å². The lowest BCUT2D eigenvalue weighted by molar-refractivity contribution is -0.117. The van der Waals surface area contributed by atoms with Crippen molar-refractivity contribution in [2.45, 2.75) is 83.1 Å².